The summed E-state index contributed by atoms with van der Waals surface area (Å²) >= 11 is 0. The molecule has 0 spiro atoms. The average molecular weight is 162 g/mol. The standard InChI is InChI=1S/C8H10N4/c1-6-4-7(5-9)11-8-2-3-10-12(6)8/h2-4H,5,9H2,1H3. The maximum absolute atomic E-state index is 5.49. The van der Waals surface area contributed by atoms with Gasteiger partial charge in [0.2, 0.25) is 0 Å². The van der Waals surface area contributed by atoms with Crippen LogP contribution in [0.1, 0.15) is 11.4 Å². The lowest BCUT2D eigenvalue weighted by molar-refractivity contribution is 0.866. The Morgan fingerprint density at radius 3 is 3.17 bits per heavy atom. The lowest BCUT2D eigenvalue weighted by atomic mass is 10.3. The molecule has 0 saturated carbocycles. The fourth-order valence-corrected chi connectivity index (χ4v) is 1.24. The monoisotopic (exact) mass is 162 g/mol. The molecule has 2 heterocycles. The molecule has 0 bridgehead atoms. The average Bonchev–Trinajstić information content (AvgIpc) is 2.52. The Hall–Kier alpha value is -1.42. The summed E-state index contributed by atoms with van der Waals surface area (Å²) in [4.78, 5) is 4.29. The summed E-state index contributed by atoms with van der Waals surface area (Å²) < 4.78 is 1.79. The summed E-state index contributed by atoms with van der Waals surface area (Å²) in [6, 6.07) is 3.81. The van der Waals surface area contributed by atoms with Gasteiger partial charge in [-0.15, -0.1) is 0 Å². The summed E-state index contributed by atoms with van der Waals surface area (Å²) in [6.45, 7) is 2.46. The number of aryl methyl sites for hydroxylation is 1. The van der Waals surface area contributed by atoms with Gasteiger partial charge in [-0.05, 0) is 13.0 Å². The summed E-state index contributed by atoms with van der Waals surface area (Å²) in [7, 11) is 0. The minimum Gasteiger partial charge on any atom is -0.325 e. The summed E-state index contributed by atoms with van der Waals surface area (Å²) in [5.41, 5.74) is 8.31. The van der Waals surface area contributed by atoms with Crippen LogP contribution < -0.4 is 5.73 Å². The highest BCUT2D eigenvalue weighted by molar-refractivity contribution is 5.38. The zero-order valence-corrected chi connectivity index (χ0v) is 6.86. The quantitative estimate of drug-likeness (QED) is 0.664. The molecule has 0 fully saturated rings. The zero-order chi connectivity index (χ0) is 8.55. The van der Waals surface area contributed by atoms with Crippen molar-refractivity contribution in [3.63, 3.8) is 0 Å². The molecule has 62 valence electrons. The third kappa shape index (κ3) is 0.967. The van der Waals surface area contributed by atoms with Crippen LogP contribution in [-0.4, -0.2) is 14.6 Å². The number of rotatable bonds is 1. The van der Waals surface area contributed by atoms with Crippen molar-refractivity contribution in [2.75, 3.05) is 0 Å². The van der Waals surface area contributed by atoms with E-state index in [1.54, 1.807) is 10.7 Å². The van der Waals surface area contributed by atoms with Gasteiger partial charge in [0, 0.05) is 18.3 Å². The van der Waals surface area contributed by atoms with Crippen LogP contribution in [0, 0.1) is 6.92 Å². The Balaban J connectivity index is 2.75. The van der Waals surface area contributed by atoms with E-state index < -0.39 is 0 Å². The van der Waals surface area contributed by atoms with Crippen LogP contribution in [0.15, 0.2) is 18.3 Å². The molecule has 2 aromatic rings. The largest absolute Gasteiger partial charge is 0.325 e. The van der Waals surface area contributed by atoms with Gasteiger partial charge in [-0.3, -0.25) is 0 Å². The van der Waals surface area contributed by atoms with E-state index in [0.29, 0.717) is 6.54 Å². The number of nitrogens with zero attached hydrogens (tertiary/aromatic N) is 3. The fourth-order valence-electron chi connectivity index (χ4n) is 1.24. The Bertz CT molecular complexity index is 404. The van der Waals surface area contributed by atoms with Gasteiger partial charge in [0.1, 0.15) is 0 Å². The maximum Gasteiger partial charge on any atom is 0.155 e. The van der Waals surface area contributed by atoms with Gasteiger partial charge < -0.3 is 5.73 Å². The van der Waals surface area contributed by atoms with E-state index in [4.69, 9.17) is 5.73 Å². The Morgan fingerprint density at radius 2 is 2.42 bits per heavy atom. The first kappa shape index (κ1) is 7.24. The normalized spacial score (nSPS) is 10.8. The molecule has 0 saturated heterocycles. The van der Waals surface area contributed by atoms with Gasteiger partial charge in [-0.1, -0.05) is 0 Å². The van der Waals surface area contributed by atoms with Crippen LogP contribution in [0.4, 0.5) is 0 Å². The first-order valence-electron chi connectivity index (χ1n) is 3.81. The Kier molecular flexibility index (Phi) is 1.55. The van der Waals surface area contributed by atoms with Crippen LogP contribution in [0.25, 0.3) is 5.65 Å². The number of hydrogen-bond acceptors (Lipinski definition) is 3. The SMILES string of the molecule is Cc1cc(CN)nc2ccnn12. The number of fused-ring (bicyclic) bond motifs is 1. The van der Waals surface area contributed by atoms with Crippen molar-refractivity contribution in [3.05, 3.63) is 29.7 Å². The van der Waals surface area contributed by atoms with E-state index >= 15 is 0 Å². The molecular formula is C8H10N4. The molecule has 0 atom stereocenters. The third-order valence-corrected chi connectivity index (χ3v) is 1.80. The summed E-state index contributed by atoms with van der Waals surface area (Å²) in [6.07, 6.45) is 1.73. The van der Waals surface area contributed by atoms with Crippen LogP contribution in [0.2, 0.25) is 0 Å². The van der Waals surface area contributed by atoms with Gasteiger partial charge >= 0.3 is 0 Å². The van der Waals surface area contributed by atoms with E-state index in [1.165, 1.54) is 0 Å². The minimum absolute atomic E-state index is 0.475. The molecule has 0 aliphatic heterocycles. The second-order valence-electron chi connectivity index (χ2n) is 2.69. The first-order valence-corrected chi connectivity index (χ1v) is 3.81. The molecule has 0 aliphatic rings. The molecule has 12 heavy (non-hydrogen) atoms. The van der Waals surface area contributed by atoms with Crippen molar-refractivity contribution in [2.24, 2.45) is 5.73 Å². The molecule has 0 aliphatic carbocycles. The summed E-state index contributed by atoms with van der Waals surface area (Å²) in [5.74, 6) is 0. The van der Waals surface area contributed by atoms with Gasteiger partial charge in [-0.2, -0.15) is 5.10 Å². The van der Waals surface area contributed by atoms with Crippen molar-refractivity contribution in [1.82, 2.24) is 14.6 Å². The van der Waals surface area contributed by atoms with E-state index in [2.05, 4.69) is 10.1 Å². The lowest BCUT2D eigenvalue weighted by Crippen LogP contribution is -2.04. The van der Waals surface area contributed by atoms with Gasteiger partial charge in [0.15, 0.2) is 5.65 Å². The molecule has 2 rings (SSSR count). The fraction of sp³-hybridized carbons (Fsp3) is 0.250. The second-order valence-corrected chi connectivity index (χ2v) is 2.69. The first-order chi connectivity index (χ1) is 5.81. The minimum atomic E-state index is 0.475. The van der Waals surface area contributed by atoms with Crippen LogP contribution in [-0.2, 0) is 6.54 Å². The predicted molar refractivity (Wildman–Crippen MR) is 45.6 cm³/mol. The molecule has 2 N–H and O–H groups in total. The Labute approximate surface area is 70.0 Å². The van der Waals surface area contributed by atoms with Crippen LogP contribution in [0.5, 0.6) is 0 Å². The highest BCUT2D eigenvalue weighted by atomic mass is 15.2. The molecule has 0 aromatic carbocycles. The van der Waals surface area contributed by atoms with Gasteiger partial charge in [-0.25, -0.2) is 9.50 Å². The number of nitrogens with two attached hydrogens (primary N) is 1. The molecular weight excluding hydrogens is 152 g/mol. The molecule has 4 heteroatoms. The van der Waals surface area contributed by atoms with Crippen molar-refractivity contribution in [2.45, 2.75) is 13.5 Å². The molecule has 2 aromatic heterocycles. The molecule has 4 nitrogen and oxygen atoms in total. The van der Waals surface area contributed by atoms with Crippen LogP contribution >= 0.6 is 0 Å². The number of aromatic nitrogens is 3. The highest BCUT2D eigenvalue weighted by Gasteiger charge is 2.00. The third-order valence-electron chi connectivity index (χ3n) is 1.80. The van der Waals surface area contributed by atoms with E-state index in [9.17, 15) is 0 Å². The summed E-state index contributed by atoms with van der Waals surface area (Å²) in [5, 5.41) is 4.11. The second kappa shape index (κ2) is 2.57. The predicted octanol–water partition coefficient (Wildman–Crippen LogP) is 0.496. The molecule has 0 unspecified atom stereocenters. The molecule has 0 radical (unpaired) electrons. The maximum atomic E-state index is 5.49. The number of hydrogen-bond donors (Lipinski definition) is 1. The smallest absolute Gasteiger partial charge is 0.155 e. The van der Waals surface area contributed by atoms with Crippen molar-refractivity contribution < 1.29 is 0 Å². The van der Waals surface area contributed by atoms with Gasteiger partial charge in [0.05, 0.1) is 11.9 Å². The highest BCUT2D eigenvalue weighted by Crippen LogP contribution is 2.05. The van der Waals surface area contributed by atoms with Gasteiger partial charge in [0.25, 0.3) is 0 Å². The van der Waals surface area contributed by atoms with E-state index in [-0.39, 0.29) is 0 Å². The van der Waals surface area contributed by atoms with E-state index in [0.717, 1.165) is 17.0 Å². The van der Waals surface area contributed by atoms with Crippen LogP contribution in [0.3, 0.4) is 0 Å². The zero-order valence-electron chi connectivity index (χ0n) is 6.86. The van der Waals surface area contributed by atoms with Crippen molar-refractivity contribution in [3.8, 4) is 0 Å². The Morgan fingerprint density at radius 1 is 1.58 bits per heavy atom. The van der Waals surface area contributed by atoms with Crippen molar-refractivity contribution >= 4 is 5.65 Å². The topological polar surface area (TPSA) is 56.2 Å². The van der Waals surface area contributed by atoms with Crippen molar-refractivity contribution in [1.29, 1.82) is 0 Å². The van der Waals surface area contributed by atoms with E-state index in [1.807, 2.05) is 19.1 Å². The molecule has 0 amide bonds. The lowest BCUT2D eigenvalue weighted by Gasteiger charge is -2.00.